The molecule has 0 unspecified atom stereocenters. The van der Waals surface area contributed by atoms with Crippen LogP contribution in [0.25, 0.3) is 0 Å². The van der Waals surface area contributed by atoms with Crippen molar-refractivity contribution in [3.63, 3.8) is 0 Å². The molecular formula is C15H23BrN3O2S2+. The van der Waals surface area contributed by atoms with Gasteiger partial charge in [-0.15, -0.1) is 0 Å². The zero-order valence-electron chi connectivity index (χ0n) is 13.4. The lowest BCUT2D eigenvalue weighted by Gasteiger charge is -2.31. The van der Waals surface area contributed by atoms with Gasteiger partial charge in [0.1, 0.15) is 0 Å². The van der Waals surface area contributed by atoms with Crippen LogP contribution in [0.3, 0.4) is 0 Å². The molecule has 0 aromatic heterocycles. The van der Waals surface area contributed by atoms with Gasteiger partial charge in [-0.2, -0.15) is 0 Å². The number of halogens is 1. The van der Waals surface area contributed by atoms with Gasteiger partial charge in [-0.05, 0) is 36.8 Å². The first-order valence-electron chi connectivity index (χ1n) is 7.59. The Morgan fingerprint density at radius 3 is 2.78 bits per heavy atom. The van der Waals surface area contributed by atoms with Gasteiger partial charge in [0.25, 0.3) is 0 Å². The van der Waals surface area contributed by atoms with Crippen molar-refractivity contribution in [2.24, 2.45) is 0 Å². The topological polar surface area (TPSA) is 53.9 Å². The molecular weight excluding hydrogens is 398 g/mol. The van der Waals surface area contributed by atoms with Crippen molar-refractivity contribution in [3.8, 4) is 0 Å². The van der Waals surface area contributed by atoms with Gasteiger partial charge in [0.2, 0.25) is 0 Å². The van der Waals surface area contributed by atoms with Crippen molar-refractivity contribution < 1.29 is 13.3 Å². The van der Waals surface area contributed by atoms with Crippen molar-refractivity contribution in [1.82, 2.24) is 4.90 Å². The minimum Gasteiger partial charge on any atom is -0.339 e. The number of hydrogen-bond donors (Lipinski definition) is 2. The Morgan fingerprint density at radius 2 is 2.22 bits per heavy atom. The average Bonchev–Trinajstić information content (AvgIpc) is 2.78. The Kier molecular flexibility index (Phi) is 6.41. The van der Waals surface area contributed by atoms with E-state index >= 15 is 0 Å². The molecule has 8 heteroatoms. The van der Waals surface area contributed by atoms with E-state index in [-0.39, 0.29) is 17.5 Å². The van der Waals surface area contributed by atoms with Crippen LogP contribution in [0.4, 0.5) is 5.69 Å². The number of nitrogens with one attached hydrogen (secondary N) is 2. The molecule has 1 aromatic rings. The minimum absolute atomic E-state index is 0.0356. The molecule has 1 atom stereocenters. The molecule has 1 aliphatic heterocycles. The molecule has 1 saturated heterocycles. The lowest BCUT2D eigenvalue weighted by atomic mass is 10.2. The maximum Gasteiger partial charge on any atom is 0.173 e. The van der Waals surface area contributed by atoms with Crippen LogP contribution in [0.5, 0.6) is 0 Å². The summed E-state index contributed by atoms with van der Waals surface area (Å²) in [5, 5.41) is 3.82. The molecule has 0 spiro atoms. The summed E-state index contributed by atoms with van der Waals surface area (Å²) in [6.07, 6.45) is 0.644. The van der Waals surface area contributed by atoms with Gasteiger partial charge in [-0.25, -0.2) is 8.42 Å². The SMILES string of the molecule is C[NH+](C)CCN(C(=S)Nc1cccc(Br)c1)[C@H]1CCS(=O)(=O)C1. The Balaban J connectivity index is 2.10. The maximum absolute atomic E-state index is 11.8. The van der Waals surface area contributed by atoms with Crippen molar-refractivity contribution in [2.75, 3.05) is 44.0 Å². The normalized spacial score (nSPS) is 19.7. The Hall–Kier alpha value is -0.700. The number of likely N-dealkylation sites (N-methyl/N-ethyl adjacent to an activating group) is 1. The standard InChI is InChI=1S/C15H22BrN3O2S2/c1-18(2)7-8-19(14-6-9-23(20,21)11-14)15(22)17-13-5-3-4-12(16)10-13/h3-5,10,14H,6-9,11H2,1-2H3,(H,17,22)/p+1/t14-/m0/s1. The van der Waals surface area contributed by atoms with Crippen LogP contribution in [0, 0.1) is 0 Å². The van der Waals surface area contributed by atoms with Gasteiger partial charge in [0, 0.05) is 16.2 Å². The van der Waals surface area contributed by atoms with Crippen LogP contribution < -0.4 is 10.2 Å². The van der Waals surface area contributed by atoms with Crippen molar-refractivity contribution in [2.45, 2.75) is 12.5 Å². The summed E-state index contributed by atoms with van der Waals surface area (Å²) >= 11 is 9.00. The molecule has 1 aromatic carbocycles. The number of benzene rings is 1. The van der Waals surface area contributed by atoms with Gasteiger partial charge in [0.15, 0.2) is 14.9 Å². The zero-order valence-corrected chi connectivity index (χ0v) is 16.6. The molecule has 2 rings (SSSR count). The fourth-order valence-corrected chi connectivity index (χ4v) is 5.06. The second-order valence-electron chi connectivity index (χ2n) is 6.15. The van der Waals surface area contributed by atoms with Crippen molar-refractivity contribution in [3.05, 3.63) is 28.7 Å². The van der Waals surface area contributed by atoms with Crippen molar-refractivity contribution >= 4 is 48.8 Å². The first-order chi connectivity index (χ1) is 10.8. The summed E-state index contributed by atoms with van der Waals surface area (Å²) in [5.74, 6) is 0.443. The van der Waals surface area contributed by atoms with Crippen LogP contribution in [0.2, 0.25) is 0 Å². The fraction of sp³-hybridized carbons (Fsp3) is 0.533. The molecule has 128 valence electrons. The van der Waals surface area contributed by atoms with E-state index < -0.39 is 9.84 Å². The average molecular weight is 421 g/mol. The van der Waals surface area contributed by atoms with Gasteiger partial charge in [0.05, 0.1) is 38.7 Å². The number of anilines is 1. The summed E-state index contributed by atoms with van der Waals surface area (Å²) in [5.41, 5.74) is 0.896. The van der Waals surface area contributed by atoms with Gasteiger partial charge in [-0.1, -0.05) is 22.0 Å². The third-order valence-electron chi connectivity index (χ3n) is 3.84. The summed E-state index contributed by atoms with van der Waals surface area (Å²) in [6, 6.07) is 7.74. The summed E-state index contributed by atoms with van der Waals surface area (Å²) < 4.78 is 24.6. The first kappa shape index (κ1) is 18.6. The highest BCUT2D eigenvalue weighted by Gasteiger charge is 2.33. The molecule has 23 heavy (non-hydrogen) atoms. The summed E-state index contributed by atoms with van der Waals surface area (Å²) in [7, 11) is 1.22. The van der Waals surface area contributed by atoms with Crippen LogP contribution >= 0.6 is 28.1 Å². The van der Waals surface area contributed by atoms with Crippen LogP contribution in [0.15, 0.2) is 28.7 Å². The number of hydrogen-bond acceptors (Lipinski definition) is 3. The molecule has 5 nitrogen and oxygen atoms in total. The largest absolute Gasteiger partial charge is 0.339 e. The molecule has 0 radical (unpaired) electrons. The van der Waals surface area contributed by atoms with E-state index in [1.165, 1.54) is 4.90 Å². The van der Waals surface area contributed by atoms with Crippen LogP contribution in [-0.2, 0) is 9.84 Å². The fourth-order valence-electron chi connectivity index (χ4n) is 2.58. The quantitative estimate of drug-likeness (QED) is 0.689. The van der Waals surface area contributed by atoms with Crippen molar-refractivity contribution in [1.29, 1.82) is 0 Å². The van der Waals surface area contributed by atoms with E-state index in [2.05, 4.69) is 35.3 Å². The molecule has 0 amide bonds. The van der Waals surface area contributed by atoms with E-state index in [0.29, 0.717) is 11.5 Å². The summed E-state index contributed by atoms with van der Waals surface area (Å²) in [6.45, 7) is 1.64. The Bertz CT molecular complexity index is 664. The van der Waals surface area contributed by atoms with E-state index in [0.717, 1.165) is 23.2 Å². The number of sulfone groups is 1. The van der Waals surface area contributed by atoms with E-state index in [1.54, 1.807) is 0 Å². The summed E-state index contributed by atoms with van der Waals surface area (Å²) in [4.78, 5) is 3.34. The van der Waals surface area contributed by atoms with E-state index in [4.69, 9.17) is 12.2 Å². The Morgan fingerprint density at radius 1 is 1.48 bits per heavy atom. The highest BCUT2D eigenvalue weighted by Crippen LogP contribution is 2.20. The monoisotopic (exact) mass is 420 g/mol. The minimum atomic E-state index is -2.94. The van der Waals surface area contributed by atoms with E-state index in [9.17, 15) is 8.42 Å². The maximum atomic E-state index is 11.8. The van der Waals surface area contributed by atoms with E-state index in [1.807, 2.05) is 29.2 Å². The van der Waals surface area contributed by atoms with Gasteiger partial charge < -0.3 is 15.1 Å². The highest BCUT2D eigenvalue weighted by molar-refractivity contribution is 9.10. The first-order valence-corrected chi connectivity index (χ1v) is 10.6. The molecule has 2 N–H and O–H groups in total. The molecule has 0 bridgehead atoms. The number of nitrogens with zero attached hydrogens (tertiary/aromatic N) is 1. The Labute approximate surface area is 152 Å². The lowest BCUT2D eigenvalue weighted by molar-refractivity contribution is -0.857. The lowest BCUT2D eigenvalue weighted by Crippen LogP contribution is -3.06. The second-order valence-corrected chi connectivity index (χ2v) is 9.68. The van der Waals surface area contributed by atoms with Gasteiger partial charge >= 0.3 is 0 Å². The predicted molar refractivity (Wildman–Crippen MR) is 102 cm³/mol. The molecule has 0 saturated carbocycles. The van der Waals surface area contributed by atoms with Gasteiger partial charge in [-0.3, -0.25) is 0 Å². The third-order valence-corrected chi connectivity index (χ3v) is 6.42. The molecule has 1 fully saturated rings. The predicted octanol–water partition coefficient (Wildman–Crippen LogP) is 0.780. The van der Waals surface area contributed by atoms with Crippen LogP contribution in [0.1, 0.15) is 6.42 Å². The second kappa shape index (κ2) is 7.92. The number of thiocarbonyl (C=S) groups is 1. The zero-order chi connectivity index (χ0) is 17.0. The smallest absolute Gasteiger partial charge is 0.173 e. The molecule has 1 heterocycles. The van der Waals surface area contributed by atoms with Crippen LogP contribution in [-0.4, -0.2) is 63.2 Å². The molecule has 1 aliphatic rings. The number of rotatable bonds is 5. The highest BCUT2D eigenvalue weighted by atomic mass is 79.9. The number of quaternary nitrogens is 1. The molecule has 0 aliphatic carbocycles. The third kappa shape index (κ3) is 5.70.